The van der Waals surface area contributed by atoms with E-state index >= 15 is 0 Å². The quantitative estimate of drug-likeness (QED) is 0.605. The van der Waals surface area contributed by atoms with E-state index in [1.54, 1.807) is 12.1 Å². The molecule has 110 valence electrons. The van der Waals surface area contributed by atoms with Crippen LogP contribution in [-0.2, 0) is 9.59 Å². The summed E-state index contributed by atoms with van der Waals surface area (Å²) in [5, 5.41) is 23.7. The van der Waals surface area contributed by atoms with Crippen LogP contribution in [0.1, 0.15) is 20.3 Å². The van der Waals surface area contributed by atoms with Crippen LogP contribution in [0.3, 0.4) is 0 Å². The maximum atomic E-state index is 11.8. The first-order chi connectivity index (χ1) is 9.38. The van der Waals surface area contributed by atoms with Crippen molar-refractivity contribution in [2.45, 2.75) is 26.3 Å². The van der Waals surface area contributed by atoms with Crippen LogP contribution in [0.4, 0.5) is 5.69 Å². The molecule has 0 aliphatic carbocycles. The van der Waals surface area contributed by atoms with Gasteiger partial charge in [-0.15, -0.1) is 0 Å². The smallest absolute Gasteiger partial charge is 0.321 e. The largest absolute Gasteiger partial charge is 0.508 e. The van der Waals surface area contributed by atoms with Crippen LogP contribution >= 0.6 is 0 Å². The van der Waals surface area contributed by atoms with Gasteiger partial charge in [-0.2, -0.15) is 0 Å². The lowest BCUT2D eigenvalue weighted by Crippen LogP contribution is -2.41. The Labute approximate surface area is 117 Å². The number of phenolic OH excluding ortho intramolecular Hbond substituents is 1. The highest BCUT2D eigenvalue weighted by atomic mass is 16.4. The molecule has 1 rings (SSSR count). The molecule has 6 nitrogen and oxygen atoms in total. The van der Waals surface area contributed by atoms with Gasteiger partial charge < -0.3 is 20.8 Å². The van der Waals surface area contributed by atoms with E-state index in [0.717, 1.165) is 0 Å². The third-order valence-corrected chi connectivity index (χ3v) is 2.59. The molecule has 1 aromatic carbocycles. The lowest BCUT2D eigenvalue weighted by Gasteiger charge is -2.15. The molecule has 0 heterocycles. The topological polar surface area (TPSA) is 98.7 Å². The third-order valence-electron chi connectivity index (χ3n) is 2.59. The average molecular weight is 280 g/mol. The number of amides is 1. The molecule has 0 unspecified atom stereocenters. The van der Waals surface area contributed by atoms with Crippen molar-refractivity contribution >= 4 is 17.6 Å². The van der Waals surface area contributed by atoms with Crippen molar-refractivity contribution in [2.24, 2.45) is 5.92 Å². The van der Waals surface area contributed by atoms with Gasteiger partial charge in [-0.05, 0) is 24.6 Å². The molecule has 1 atom stereocenters. The van der Waals surface area contributed by atoms with E-state index in [1.807, 2.05) is 13.8 Å². The highest BCUT2D eigenvalue weighted by molar-refractivity contribution is 5.94. The summed E-state index contributed by atoms with van der Waals surface area (Å²) >= 11 is 0. The van der Waals surface area contributed by atoms with E-state index in [0.29, 0.717) is 18.2 Å². The molecule has 1 aromatic rings. The first kappa shape index (κ1) is 16.0. The van der Waals surface area contributed by atoms with Gasteiger partial charge in [-0.1, -0.05) is 19.9 Å². The average Bonchev–Trinajstić information content (AvgIpc) is 2.33. The van der Waals surface area contributed by atoms with Crippen molar-refractivity contribution in [1.29, 1.82) is 0 Å². The molecule has 4 N–H and O–H groups in total. The number of nitrogens with one attached hydrogen (secondary N) is 2. The maximum absolute atomic E-state index is 11.8. The van der Waals surface area contributed by atoms with Gasteiger partial charge in [0, 0.05) is 11.8 Å². The molecule has 0 saturated heterocycles. The lowest BCUT2D eigenvalue weighted by atomic mass is 10.1. The number of carboxylic acids is 1. The van der Waals surface area contributed by atoms with Crippen molar-refractivity contribution in [3.63, 3.8) is 0 Å². The molecule has 20 heavy (non-hydrogen) atoms. The second-order valence-corrected chi connectivity index (χ2v) is 5.00. The number of benzene rings is 1. The Kier molecular flexibility index (Phi) is 5.99. The fourth-order valence-corrected chi connectivity index (χ4v) is 1.61. The molecular weight excluding hydrogens is 260 g/mol. The van der Waals surface area contributed by atoms with Crippen LogP contribution in [0, 0.1) is 5.92 Å². The Balaban J connectivity index is 2.55. The molecule has 0 aliphatic rings. The van der Waals surface area contributed by atoms with Crippen LogP contribution in [0.5, 0.6) is 5.75 Å². The highest BCUT2D eigenvalue weighted by Gasteiger charge is 2.20. The van der Waals surface area contributed by atoms with Crippen molar-refractivity contribution in [3.05, 3.63) is 24.3 Å². The van der Waals surface area contributed by atoms with Crippen molar-refractivity contribution in [3.8, 4) is 5.75 Å². The standard InChI is InChI=1S/C14H20N2O4/c1-9(2)8-15-12(14(19)20)7-13(18)16-10-4-3-5-11(17)6-10/h3-6,9,12,15,17H,7-8H2,1-2H3,(H,16,18)(H,19,20)/t12-/m1/s1. The Hall–Kier alpha value is -2.08. The summed E-state index contributed by atoms with van der Waals surface area (Å²) < 4.78 is 0. The highest BCUT2D eigenvalue weighted by Crippen LogP contribution is 2.15. The molecule has 0 spiro atoms. The maximum Gasteiger partial charge on any atom is 0.321 e. The summed E-state index contributed by atoms with van der Waals surface area (Å²) in [4.78, 5) is 22.9. The number of aliphatic carboxylic acids is 1. The van der Waals surface area contributed by atoms with Crippen LogP contribution < -0.4 is 10.6 Å². The summed E-state index contributed by atoms with van der Waals surface area (Å²) in [7, 11) is 0. The molecular formula is C14H20N2O4. The predicted octanol–water partition coefficient (Wildman–Crippen LogP) is 1.42. The first-order valence-electron chi connectivity index (χ1n) is 6.43. The zero-order valence-electron chi connectivity index (χ0n) is 11.6. The van der Waals surface area contributed by atoms with Crippen molar-refractivity contribution in [2.75, 3.05) is 11.9 Å². The van der Waals surface area contributed by atoms with E-state index in [9.17, 15) is 14.7 Å². The lowest BCUT2D eigenvalue weighted by molar-refractivity contribution is -0.141. The molecule has 0 fully saturated rings. The van der Waals surface area contributed by atoms with Gasteiger partial charge in [-0.3, -0.25) is 9.59 Å². The van der Waals surface area contributed by atoms with Gasteiger partial charge in [0.15, 0.2) is 0 Å². The normalized spacial score (nSPS) is 12.2. The number of carbonyl (C=O) groups is 2. The summed E-state index contributed by atoms with van der Waals surface area (Å²) in [6.45, 7) is 4.44. The zero-order valence-corrected chi connectivity index (χ0v) is 11.6. The van der Waals surface area contributed by atoms with E-state index in [2.05, 4.69) is 10.6 Å². The molecule has 0 aliphatic heterocycles. The Morgan fingerprint density at radius 1 is 1.30 bits per heavy atom. The predicted molar refractivity (Wildman–Crippen MR) is 75.6 cm³/mol. The summed E-state index contributed by atoms with van der Waals surface area (Å²) in [5.74, 6) is -1.14. The first-order valence-corrected chi connectivity index (χ1v) is 6.43. The number of phenols is 1. The zero-order chi connectivity index (χ0) is 15.1. The number of carboxylic acid groups (broad SMARTS) is 1. The van der Waals surface area contributed by atoms with Gasteiger partial charge in [0.1, 0.15) is 11.8 Å². The van der Waals surface area contributed by atoms with Gasteiger partial charge in [0.2, 0.25) is 5.91 Å². The number of anilines is 1. The number of hydrogen-bond donors (Lipinski definition) is 4. The third kappa shape index (κ3) is 5.71. The van der Waals surface area contributed by atoms with Crippen LogP contribution in [0.2, 0.25) is 0 Å². The number of rotatable bonds is 7. The summed E-state index contributed by atoms with van der Waals surface area (Å²) in [6.07, 6.45) is -0.169. The fraction of sp³-hybridized carbons (Fsp3) is 0.429. The fourth-order valence-electron chi connectivity index (χ4n) is 1.61. The van der Waals surface area contributed by atoms with E-state index in [1.165, 1.54) is 12.1 Å². The molecule has 6 heteroatoms. The second kappa shape index (κ2) is 7.49. The van der Waals surface area contributed by atoms with E-state index in [4.69, 9.17) is 5.11 Å². The van der Waals surface area contributed by atoms with Gasteiger partial charge in [0.05, 0.1) is 6.42 Å². The number of aromatic hydroxyl groups is 1. The summed E-state index contributed by atoms with van der Waals surface area (Å²) in [6, 6.07) is 5.18. The Morgan fingerprint density at radius 3 is 2.55 bits per heavy atom. The van der Waals surface area contributed by atoms with Gasteiger partial charge in [0.25, 0.3) is 0 Å². The molecule has 1 amide bonds. The Bertz CT molecular complexity index is 474. The molecule has 0 aromatic heterocycles. The van der Waals surface area contributed by atoms with Gasteiger partial charge >= 0.3 is 5.97 Å². The molecule has 0 radical (unpaired) electrons. The minimum atomic E-state index is -1.06. The Morgan fingerprint density at radius 2 is 2.00 bits per heavy atom. The minimum absolute atomic E-state index is 0.0375. The van der Waals surface area contributed by atoms with Crippen LogP contribution in [0.25, 0.3) is 0 Å². The number of carbonyl (C=O) groups excluding carboxylic acids is 1. The SMILES string of the molecule is CC(C)CN[C@H](CC(=O)Nc1cccc(O)c1)C(=O)O. The monoisotopic (exact) mass is 280 g/mol. The van der Waals surface area contributed by atoms with E-state index in [-0.39, 0.29) is 12.2 Å². The van der Waals surface area contributed by atoms with Crippen molar-refractivity contribution in [1.82, 2.24) is 5.32 Å². The van der Waals surface area contributed by atoms with E-state index < -0.39 is 17.9 Å². The van der Waals surface area contributed by atoms with Crippen molar-refractivity contribution < 1.29 is 19.8 Å². The molecule has 0 bridgehead atoms. The van der Waals surface area contributed by atoms with Crippen LogP contribution in [-0.4, -0.2) is 34.7 Å². The van der Waals surface area contributed by atoms with Gasteiger partial charge in [-0.25, -0.2) is 0 Å². The molecule has 0 saturated carbocycles. The minimum Gasteiger partial charge on any atom is -0.508 e. The summed E-state index contributed by atoms with van der Waals surface area (Å²) in [5.41, 5.74) is 0.433. The second-order valence-electron chi connectivity index (χ2n) is 5.00. The number of hydrogen-bond acceptors (Lipinski definition) is 4. The van der Waals surface area contributed by atoms with Crippen LogP contribution in [0.15, 0.2) is 24.3 Å².